The van der Waals surface area contributed by atoms with E-state index in [9.17, 15) is 27.9 Å². The van der Waals surface area contributed by atoms with Crippen molar-refractivity contribution in [2.24, 2.45) is 11.8 Å². The minimum absolute atomic E-state index is 0.0218. The van der Waals surface area contributed by atoms with E-state index in [0.29, 0.717) is 29.7 Å². The van der Waals surface area contributed by atoms with E-state index in [2.05, 4.69) is 6.92 Å². The lowest BCUT2D eigenvalue weighted by Gasteiger charge is -2.48. The van der Waals surface area contributed by atoms with Gasteiger partial charge in [0.1, 0.15) is 11.3 Å². The molecule has 0 radical (unpaired) electrons. The van der Waals surface area contributed by atoms with Crippen LogP contribution in [0.5, 0.6) is 5.75 Å². The van der Waals surface area contributed by atoms with E-state index in [1.807, 2.05) is 0 Å². The lowest BCUT2D eigenvalue weighted by atomic mass is 9.78. The average molecular weight is 518 g/mol. The van der Waals surface area contributed by atoms with Crippen LogP contribution in [0.1, 0.15) is 87.1 Å². The molecule has 0 aromatic heterocycles. The number of amides is 1. The molecule has 2 aromatic rings. The Morgan fingerprint density at radius 2 is 1.68 bits per heavy atom. The molecule has 2 bridgehead atoms. The van der Waals surface area contributed by atoms with Crippen molar-refractivity contribution in [2.75, 3.05) is 0 Å². The van der Waals surface area contributed by atoms with Crippen molar-refractivity contribution in [2.45, 2.75) is 95.5 Å². The van der Waals surface area contributed by atoms with Crippen LogP contribution in [0.3, 0.4) is 0 Å². The van der Waals surface area contributed by atoms with Gasteiger partial charge in [0.15, 0.2) is 0 Å². The first kappa shape index (κ1) is 25.9. The Kier molecular flexibility index (Phi) is 7.12. The van der Waals surface area contributed by atoms with Crippen LogP contribution < -0.4 is 4.74 Å². The Bertz CT molecular complexity index is 1160. The van der Waals surface area contributed by atoms with Crippen LogP contribution in [0.2, 0.25) is 0 Å². The highest BCUT2D eigenvalue weighted by atomic mass is 19.4. The normalized spacial score (nSPS) is 28.2. The molecule has 8 heteroatoms. The lowest BCUT2D eigenvalue weighted by molar-refractivity contribution is -0.145. The smallest absolute Gasteiger partial charge is 0.420 e. The molecule has 1 aliphatic carbocycles. The maximum atomic E-state index is 14.3. The summed E-state index contributed by atoms with van der Waals surface area (Å²) in [5.41, 5.74) is -0.460. The van der Waals surface area contributed by atoms with Crippen LogP contribution in [0.25, 0.3) is 10.8 Å². The maximum Gasteiger partial charge on any atom is 0.420 e. The fourth-order valence-electron chi connectivity index (χ4n) is 6.73. The predicted octanol–water partition coefficient (Wildman–Crippen LogP) is 7.06. The number of aliphatic carboxylic acids is 1. The molecule has 2 aliphatic heterocycles. The molecular formula is C29H34F3NO4. The molecule has 5 rings (SSSR count). The standard InChI is InChI=1S/C29H34F3NO4/c1-2-17-6-10-23(11-7-17)37-25-13-9-18-14-19(8-12-24(18)26(25)29(30,31)32)27(34)33-21-4-3-5-22(33)16-20(15-21)28(35)36/h8-9,12-14,17,20-23H,2-7,10-11,15-16H2,1H3,(H,35,36). The molecule has 2 heterocycles. The van der Waals surface area contributed by atoms with Gasteiger partial charge in [-0.25, -0.2) is 0 Å². The van der Waals surface area contributed by atoms with E-state index in [0.717, 1.165) is 51.4 Å². The van der Waals surface area contributed by atoms with Gasteiger partial charge in [0.2, 0.25) is 0 Å². The van der Waals surface area contributed by atoms with Gasteiger partial charge in [0.05, 0.1) is 12.0 Å². The second kappa shape index (κ2) is 10.2. The summed E-state index contributed by atoms with van der Waals surface area (Å²) in [6.07, 6.45) is 2.97. The number of rotatable bonds is 5. The van der Waals surface area contributed by atoms with Gasteiger partial charge >= 0.3 is 12.1 Å². The summed E-state index contributed by atoms with van der Waals surface area (Å²) >= 11 is 0. The molecule has 2 aromatic carbocycles. The third-order valence-corrected chi connectivity index (χ3v) is 8.74. The van der Waals surface area contributed by atoms with Crippen LogP contribution in [-0.2, 0) is 11.0 Å². The molecule has 2 saturated heterocycles. The number of alkyl halides is 3. The van der Waals surface area contributed by atoms with E-state index in [4.69, 9.17) is 4.74 Å². The molecule has 3 aliphatic rings. The summed E-state index contributed by atoms with van der Waals surface area (Å²) < 4.78 is 48.7. The number of benzene rings is 2. The summed E-state index contributed by atoms with van der Waals surface area (Å²) in [7, 11) is 0. The van der Waals surface area contributed by atoms with Gasteiger partial charge in [-0.15, -0.1) is 0 Å². The zero-order valence-electron chi connectivity index (χ0n) is 21.1. The number of carbonyl (C=O) groups excluding carboxylic acids is 1. The van der Waals surface area contributed by atoms with Gasteiger partial charge in [-0.3, -0.25) is 9.59 Å². The van der Waals surface area contributed by atoms with Crippen molar-refractivity contribution in [3.63, 3.8) is 0 Å². The van der Waals surface area contributed by atoms with Crippen LogP contribution in [0.15, 0.2) is 30.3 Å². The Morgan fingerprint density at radius 1 is 1.00 bits per heavy atom. The molecule has 3 fully saturated rings. The fraction of sp³-hybridized carbons (Fsp3) is 0.586. The predicted molar refractivity (Wildman–Crippen MR) is 134 cm³/mol. The minimum Gasteiger partial charge on any atom is -0.490 e. The van der Waals surface area contributed by atoms with Crippen molar-refractivity contribution >= 4 is 22.6 Å². The number of carboxylic acids is 1. The molecule has 1 saturated carbocycles. The second-order valence-corrected chi connectivity index (χ2v) is 11.0. The molecule has 2 atom stereocenters. The molecule has 2 unspecified atom stereocenters. The van der Waals surface area contributed by atoms with Crippen molar-refractivity contribution in [1.29, 1.82) is 0 Å². The number of hydrogen-bond acceptors (Lipinski definition) is 3. The van der Waals surface area contributed by atoms with E-state index in [-0.39, 0.29) is 35.2 Å². The zero-order chi connectivity index (χ0) is 26.3. The Labute approximate surface area is 215 Å². The van der Waals surface area contributed by atoms with E-state index >= 15 is 0 Å². The summed E-state index contributed by atoms with van der Waals surface area (Å²) in [4.78, 5) is 26.9. The van der Waals surface area contributed by atoms with E-state index in [1.54, 1.807) is 11.0 Å². The number of carbonyl (C=O) groups is 2. The molecule has 5 nitrogen and oxygen atoms in total. The van der Waals surface area contributed by atoms with E-state index in [1.165, 1.54) is 24.3 Å². The van der Waals surface area contributed by atoms with Gasteiger partial charge < -0.3 is 14.7 Å². The highest BCUT2D eigenvalue weighted by molar-refractivity contribution is 6.00. The summed E-state index contributed by atoms with van der Waals surface area (Å²) in [6.45, 7) is 2.14. The number of ether oxygens (including phenoxy) is 1. The van der Waals surface area contributed by atoms with Crippen LogP contribution in [-0.4, -0.2) is 40.1 Å². The molecule has 0 spiro atoms. The zero-order valence-corrected chi connectivity index (χ0v) is 21.1. The fourth-order valence-corrected chi connectivity index (χ4v) is 6.73. The summed E-state index contributed by atoms with van der Waals surface area (Å²) in [5, 5.41) is 9.85. The number of halogens is 3. The van der Waals surface area contributed by atoms with Gasteiger partial charge in [-0.05, 0) is 92.7 Å². The molecule has 200 valence electrons. The minimum atomic E-state index is -4.60. The van der Waals surface area contributed by atoms with Crippen molar-refractivity contribution in [1.82, 2.24) is 4.90 Å². The Hall–Kier alpha value is -2.77. The highest BCUT2D eigenvalue weighted by Gasteiger charge is 2.43. The first-order chi connectivity index (χ1) is 17.7. The quantitative estimate of drug-likeness (QED) is 0.461. The molecule has 1 N–H and O–H groups in total. The number of hydrogen-bond donors (Lipinski definition) is 1. The van der Waals surface area contributed by atoms with Gasteiger partial charge in [-0.2, -0.15) is 13.2 Å². The summed E-state index contributed by atoms with van der Waals surface area (Å²) in [6, 6.07) is 7.07. The summed E-state index contributed by atoms with van der Waals surface area (Å²) in [5.74, 6) is -1.05. The van der Waals surface area contributed by atoms with Gasteiger partial charge in [0, 0.05) is 17.6 Å². The molecule has 37 heavy (non-hydrogen) atoms. The Balaban J connectivity index is 1.42. The topological polar surface area (TPSA) is 66.8 Å². The van der Waals surface area contributed by atoms with Gasteiger partial charge in [0.25, 0.3) is 5.91 Å². The van der Waals surface area contributed by atoms with Crippen LogP contribution in [0, 0.1) is 11.8 Å². The first-order valence-electron chi connectivity index (χ1n) is 13.5. The SMILES string of the molecule is CCC1CCC(Oc2ccc3cc(C(=O)N4C5CCCC4CC(C(=O)O)C5)ccc3c2C(F)(F)F)CC1. The number of fused-ring (bicyclic) bond motifs is 3. The number of carboxylic acid groups (broad SMARTS) is 1. The van der Waals surface area contributed by atoms with Crippen molar-refractivity contribution in [3.8, 4) is 5.75 Å². The highest BCUT2D eigenvalue weighted by Crippen LogP contribution is 2.43. The van der Waals surface area contributed by atoms with Gasteiger partial charge in [-0.1, -0.05) is 25.5 Å². The lowest BCUT2D eigenvalue weighted by Crippen LogP contribution is -2.55. The van der Waals surface area contributed by atoms with E-state index < -0.39 is 23.6 Å². The average Bonchev–Trinajstić information content (AvgIpc) is 2.86. The number of nitrogens with zero attached hydrogens (tertiary/aromatic N) is 1. The largest absolute Gasteiger partial charge is 0.490 e. The second-order valence-electron chi connectivity index (χ2n) is 11.0. The third-order valence-electron chi connectivity index (χ3n) is 8.74. The molecule has 1 amide bonds. The van der Waals surface area contributed by atoms with Crippen molar-refractivity contribution < 1.29 is 32.6 Å². The van der Waals surface area contributed by atoms with Crippen LogP contribution >= 0.6 is 0 Å². The Morgan fingerprint density at radius 3 is 2.27 bits per heavy atom. The van der Waals surface area contributed by atoms with Crippen LogP contribution in [0.4, 0.5) is 13.2 Å². The number of piperidine rings is 2. The molecular weight excluding hydrogens is 483 g/mol. The van der Waals surface area contributed by atoms with Crippen molar-refractivity contribution in [3.05, 3.63) is 41.5 Å². The monoisotopic (exact) mass is 517 g/mol. The third kappa shape index (κ3) is 5.16. The first-order valence-corrected chi connectivity index (χ1v) is 13.5. The maximum absolute atomic E-state index is 14.3.